The van der Waals surface area contributed by atoms with Crippen molar-refractivity contribution in [3.63, 3.8) is 0 Å². The minimum absolute atomic E-state index is 0.0433. The van der Waals surface area contributed by atoms with E-state index in [1.807, 2.05) is 36.1 Å². The molecule has 2 aromatic heterocycles. The summed E-state index contributed by atoms with van der Waals surface area (Å²) in [6.45, 7) is 4.14. The number of aromatic nitrogens is 3. The second-order valence-corrected chi connectivity index (χ2v) is 7.43. The zero-order valence-electron chi connectivity index (χ0n) is 17.5. The third-order valence-electron chi connectivity index (χ3n) is 5.10. The van der Waals surface area contributed by atoms with Crippen LogP contribution in [0.15, 0.2) is 54.7 Å². The number of hydrogen-bond donors (Lipinski definition) is 1. The summed E-state index contributed by atoms with van der Waals surface area (Å²) in [6, 6.07) is 10.7. The molecular formula is C23H22F2N6O. The summed E-state index contributed by atoms with van der Waals surface area (Å²) in [6.07, 6.45) is 4.34. The number of benzene rings is 1. The Bertz CT molecular complexity index is 1110. The predicted molar refractivity (Wildman–Crippen MR) is 118 cm³/mol. The summed E-state index contributed by atoms with van der Waals surface area (Å²) >= 11 is 0. The lowest BCUT2D eigenvalue weighted by molar-refractivity contribution is -0.126. The van der Waals surface area contributed by atoms with Crippen molar-refractivity contribution in [1.82, 2.24) is 20.1 Å². The SMILES string of the molecule is Cc1ccc(Nc2ccc(N3CCN(C(=O)/C=C/c4cc(F)ccc4F)CC3)nn2)nc1. The van der Waals surface area contributed by atoms with Crippen molar-refractivity contribution < 1.29 is 13.6 Å². The molecule has 1 aromatic carbocycles. The Hall–Kier alpha value is -3.88. The molecule has 164 valence electrons. The summed E-state index contributed by atoms with van der Waals surface area (Å²) < 4.78 is 27.0. The molecule has 0 radical (unpaired) electrons. The number of nitrogens with zero attached hydrogens (tertiary/aromatic N) is 5. The molecule has 1 aliphatic heterocycles. The zero-order chi connectivity index (χ0) is 22.5. The van der Waals surface area contributed by atoms with E-state index < -0.39 is 11.6 Å². The van der Waals surface area contributed by atoms with Crippen molar-refractivity contribution in [1.29, 1.82) is 0 Å². The maximum absolute atomic E-state index is 13.7. The quantitative estimate of drug-likeness (QED) is 0.617. The number of piperazine rings is 1. The lowest BCUT2D eigenvalue weighted by atomic mass is 10.2. The minimum atomic E-state index is -0.574. The second kappa shape index (κ2) is 9.51. The highest BCUT2D eigenvalue weighted by molar-refractivity contribution is 5.92. The van der Waals surface area contributed by atoms with Crippen molar-refractivity contribution in [3.8, 4) is 0 Å². The van der Waals surface area contributed by atoms with Crippen LogP contribution in [0.2, 0.25) is 0 Å². The third kappa shape index (κ3) is 5.23. The van der Waals surface area contributed by atoms with Gasteiger partial charge >= 0.3 is 0 Å². The summed E-state index contributed by atoms with van der Waals surface area (Å²) in [5, 5.41) is 11.6. The van der Waals surface area contributed by atoms with Gasteiger partial charge in [0.1, 0.15) is 17.5 Å². The largest absolute Gasteiger partial charge is 0.352 e. The first-order valence-electron chi connectivity index (χ1n) is 10.2. The molecule has 0 aliphatic carbocycles. The van der Waals surface area contributed by atoms with E-state index in [4.69, 9.17) is 0 Å². The third-order valence-corrected chi connectivity index (χ3v) is 5.10. The smallest absolute Gasteiger partial charge is 0.246 e. The first kappa shape index (κ1) is 21.4. The number of carbonyl (C=O) groups excluding carboxylic acids is 1. The number of aryl methyl sites for hydroxylation is 1. The number of carbonyl (C=O) groups is 1. The van der Waals surface area contributed by atoms with Crippen molar-refractivity contribution in [2.24, 2.45) is 0 Å². The standard InChI is InChI=1S/C23H22F2N6O/c1-16-2-6-20(26-15-16)27-21-7-8-22(29-28-21)30-10-12-31(13-11-30)23(32)9-3-17-14-18(24)4-5-19(17)25/h2-9,14-15H,10-13H2,1H3,(H,26,27,28)/b9-3+. The van der Waals surface area contributed by atoms with Crippen LogP contribution in [0, 0.1) is 18.6 Å². The van der Waals surface area contributed by atoms with Crippen LogP contribution < -0.4 is 10.2 Å². The predicted octanol–water partition coefficient (Wildman–Crippen LogP) is 3.56. The Morgan fingerprint density at radius 2 is 1.78 bits per heavy atom. The highest BCUT2D eigenvalue weighted by Gasteiger charge is 2.21. The first-order chi connectivity index (χ1) is 15.5. The van der Waals surface area contributed by atoms with Crippen LogP contribution in [0.5, 0.6) is 0 Å². The van der Waals surface area contributed by atoms with Crippen molar-refractivity contribution in [2.75, 3.05) is 36.4 Å². The fourth-order valence-corrected chi connectivity index (χ4v) is 3.30. The summed E-state index contributed by atoms with van der Waals surface area (Å²) in [7, 11) is 0. The number of hydrogen-bond acceptors (Lipinski definition) is 6. The van der Waals surface area contributed by atoms with Gasteiger partial charge in [-0.05, 0) is 55.0 Å². The maximum atomic E-state index is 13.7. The van der Waals surface area contributed by atoms with E-state index in [2.05, 4.69) is 20.5 Å². The second-order valence-electron chi connectivity index (χ2n) is 7.43. The monoisotopic (exact) mass is 436 g/mol. The molecule has 9 heteroatoms. The molecule has 1 amide bonds. The van der Waals surface area contributed by atoms with Crippen LogP contribution in [0.25, 0.3) is 6.08 Å². The van der Waals surface area contributed by atoms with E-state index in [-0.39, 0.29) is 11.5 Å². The van der Waals surface area contributed by atoms with E-state index in [1.54, 1.807) is 11.1 Å². The Labute approximate surface area is 184 Å². The van der Waals surface area contributed by atoms with Crippen LogP contribution in [0.4, 0.5) is 26.2 Å². The van der Waals surface area contributed by atoms with E-state index in [0.29, 0.717) is 37.8 Å². The average molecular weight is 436 g/mol. The molecule has 1 fully saturated rings. The zero-order valence-corrected chi connectivity index (χ0v) is 17.5. The van der Waals surface area contributed by atoms with Gasteiger partial charge in [0.25, 0.3) is 0 Å². The highest BCUT2D eigenvalue weighted by Crippen LogP contribution is 2.17. The number of nitrogens with one attached hydrogen (secondary N) is 1. The van der Waals surface area contributed by atoms with Gasteiger partial charge in [0.15, 0.2) is 11.6 Å². The Kier molecular flexibility index (Phi) is 6.34. The lowest BCUT2D eigenvalue weighted by Gasteiger charge is -2.34. The van der Waals surface area contributed by atoms with E-state index in [9.17, 15) is 13.6 Å². The molecule has 0 unspecified atom stereocenters. The number of pyridine rings is 1. The van der Waals surface area contributed by atoms with E-state index in [1.165, 1.54) is 12.2 Å². The van der Waals surface area contributed by atoms with Crippen LogP contribution in [-0.4, -0.2) is 52.2 Å². The summed E-state index contributed by atoms with van der Waals surface area (Å²) in [5.41, 5.74) is 1.12. The normalized spacial score (nSPS) is 14.1. The van der Waals surface area contributed by atoms with Gasteiger partial charge in [-0.2, -0.15) is 0 Å². The topological polar surface area (TPSA) is 74.2 Å². The average Bonchev–Trinajstić information content (AvgIpc) is 2.81. The van der Waals surface area contributed by atoms with Gasteiger partial charge in [-0.1, -0.05) is 6.07 Å². The molecule has 7 nitrogen and oxygen atoms in total. The number of rotatable bonds is 5. The van der Waals surface area contributed by atoms with Gasteiger partial charge in [0.05, 0.1) is 0 Å². The summed E-state index contributed by atoms with van der Waals surface area (Å²) in [5.74, 6) is 0.630. The molecule has 1 N–H and O–H groups in total. The van der Waals surface area contributed by atoms with Gasteiger partial charge in [0, 0.05) is 44.0 Å². The Morgan fingerprint density at radius 1 is 1.00 bits per heavy atom. The molecule has 0 saturated carbocycles. The van der Waals surface area contributed by atoms with Gasteiger partial charge in [-0.15, -0.1) is 10.2 Å². The van der Waals surface area contributed by atoms with Gasteiger partial charge in [-0.3, -0.25) is 4.79 Å². The summed E-state index contributed by atoms with van der Waals surface area (Å²) in [4.78, 5) is 20.4. The van der Waals surface area contributed by atoms with E-state index >= 15 is 0 Å². The highest BCUT2D eigenvalue weighted by atomic mass is 19.1. The Morgan fingerprint density at radius 3 is 2.47 bits per heavy atom. The van der Waals surface area contributed by atoms with Gasteiger partial charge in [-0.25, -0.2) is 13.8 Å². The number of amides is 1. The van der Waals surface area contributed by atoms with E-state index in [0.717, 1.165) is 29.6 Å². The fraction of sp³-hybridized carbons (Fsp3) is 0.217. The van der Waals surface area contributed by atoms with Crippen LogP contribution in [0.1, 0.15) is 11.1 Å². The molecule has 32 heavy (non-hydrogen) atoms. The number of halogens is 2. The molecule has 0 atom stereocenters. The van der Waals surface area contributed by atoms with Crippen LogP contribution >= 0.6 is 0 Å². The fourth-order valence-electron chi connectivity index (χ4n) is 3.30. The van der Waals surface area contributed by atoms with Crippen molar-refractivity contribution in [2.45, 2.75) is 6.92 Å². The lowest BCUT2D eigenvalue weighted by Crippen LogP contribution is -2.48. The van der Waals surface area contributed by atoms with Crippen LogP contribution in [-0.2, 0) is 4.79 Å². The molecule has 4 rings (SSSR count). The molecule has 3 aromatic rings. The molecule has 0 spiro atoms. The van der Waals surface area contributed by atoms with Crippen molar-refractivity contribution >= 4 is 29.4 Å². The molecule has 3 heterocycles. The minimum Gasteiger partial charge on any atom is -0.352 e. The van der Waals surface area contributed by atoms with Gasteiger partial charge < -0.3 is 15.1 Å². The maximum Gasteiger partial charge on any atom is 0.246 e. The molecule has 0 bridgehead atoms. The number of anilines is 3. The van der Waals surface area contributed by atoms with Gasteiger partial charge in [0.2, 0.25) is 5.91 Å². The molecule has 1 saturated heterocycles. The Balaban J connectivity index is 1.31. The molecule has 1 aliphatic rings. The molecular weight excluding hydrogens is 414 g/mol. The van der Waals surface area contributed by atoms with Crippen molar-refractivity contribution in [3.05, 3.63) is 77.5 Å². The first-order valence-corrected chi connectivity index (χ1v) is 10.2. The van der Waals surface area contributed by atoms with Crippen LogP contribution in [0.3, 0.4) is 0 Å².